The molecule has 0 saturated heterocycles. The molecule has 1 aromatic rings. The zero-order valence-corrected chi connectivity index (χ0v) is 8.69. The summed E-state index contributed by atoms with van der Waals surface area (Å²) < 4.78 is 16.1. The Morgan fingerprint density at radius 2 is 2.43 bits per heavy atom. The van der Waals surface area contributed by atoms with Crippen LogP contribution in [0.15, 0.2) is 23.1 Å². The van der Waals surface area contributed by atoms with Crippen LogP contribution in [0.3, 0.4) is 0 Å². The lowest BCUT2D eigenvalue weighted by Gasteiger charge is -2.01. The highest BCUT2D eigenvalue weighted by atomic mass is 32.2. The van der Waals surface area contributed by atoms with Crippen molar-refractivity contribution < 1.29 is 8.49 Å². The van der Waals surface area contributed by atoms with Gasteiger partial charge >= 0.3 is 0 Å². The lowest BCUT2D eigenvalue weighted by Crippen LogP contribution is -2.10. The van der Waals surface area contributed by atoms with E-state index in [9.17, 15) is 4.21 Å². The molecule has 5 heteroatoms. The predicted molar refractivity (Wildman–Crippen MR) is 55.2 cm³/mol. The van der Waals surface area contributed by atoms with E-state index in [0.717, 1.165) is 23.5 Å². The Kier molecular flexibility index (Phi) is 2.81. The molecule has 14 heavy (non-hydrogen) atoms. The van der Waals surface area contributed by atoms with E-state index >= 15 is 0 Å². The molecule has 0 saturated carbocycles. The maximum atomic E-state index is 11.3. The van der Waals surface area contributed by atoms with Gasteiger partial charge in [-0.3, -0.25) is 0 Å². The molecule has 0 amide bonds. The Morgan fingerprint density at radius 3 is 3.21 bits per heavy atom. The van der Waals surface area contributed by atoms with Gasteiger partial charge in [0.05, 0.1) is 10.6 Å². The normalized spacial score (nSPS) is 19.1. The van der Waals surface area contributed by atoms with Crippen LogP contribution >= 0.6 is 0 Å². The van der Waals surface area contributed by atoms with Gasteiger partial charge in [0.1, 0.15) is 0 Å². The highest BCUT2D eigenvalue weighted by Crippen LogP contribution is 2.27. The van der Waals surface area contributed by atoms with Crippen molar-refractivity contribution in [2.45, 2.75) is 11.3 Å². The molecule has 0 bridgehead atoms. The summed E-state index contributed by atoms with van der Waals surface area (Å²) in [6, 6.07) is 5.82. The number of hydrogen-bond donors (Lipinski definition) is 2. The van der Waals surface area contributed by atoms with E-state index in [1.807, 2.05) is 25.2 Å². The van der Waals surface area contributed by atoms with Gasteiger partial charge in [0.2, 0.25) is 11.1 Å². The summed E-state index contributed by atoms with van der Waals surface area (Å²) in [7, 11) is 1.91. The number of fused-ring (bicyclic) bond motifs is 1. The van der Waals surface area contributed by atoms with Crippen LogP contribution in [0.25, 0.3) is 0 Å². The number of anilines is 1. The van der Waals surface area contributed by atoms with E-state index in [0.29, 0.717) is 0 Å². The first-order valence-electron chi connectivity index (χ1n) is 4.44. The van der Waals surface area contributed by atoms with Gasteiger partial charge in [0, 0.05) is 0 Å². The van der Waals surface area contributed by atoms with Crippen LogP contribution < -0.4 is 10.8 Å². The SMILES string of the molecule is CNCCc1ccc2c(c1)S(=O)ON2. The first-order chi connectivity index (χ1) is 6.81. The van der Waals surface area contributed by atoms with Crippen LogP contribution in [-0.2, 0) is 21.8 Å². The summed E-state index contributed by atoms with van der Waals surface area (Å²) in [5, 5.41) is 3.07. The fourth-order valence-corrected chi connectivity index (χ4v) is 2.13. The average molecular weight is 212 g/mol. The van der Waals surface area contributed by atoms with E-state index < -0.39 is 11.1 Å². The molecular formula is C9H12N2O2S. The van der Waals surface area contributed by atoms with Crippen molar-refractivity contribution >= 4 is 16.8 Å². The molecule has 1 aliphatic rings. The molecule has 76 valence electrons. The van der Waals surface area contributed by atoms with Crippen LogP contribution in [0.5, 0.6) is 0 Å². The molecule has 0 aromatic heterocycles. The predicted octanol–water partition coefficient (Wildman–Crippen LogP) is 0.828. The Bertz CT molecular complexity index is 368. The quantitative estimate of drug-likeness (QED) is 0.779. The number of benzene rings is 1. The number of nitrogens with one attached hydrogen (secondary N) is 2. The topological polar surface area (TPSA) is 50.4 Å². The van der Waals surface area contributed by atoms with Crippen LogP contribution in [0.4, 0.5) is 5.69 Å². The Morgan fingerprint density at radius 1 is 1.57 bits per heavy atom. The van der Waals surface area contributed by atoms with Gasteiger partial charge < -0.3 is 5.32 Å². The first kappa shape index (κ1) is 9.64. The first-order valence-corrected chi connectivity index (χ1v) is 5.51. The fourth-order valence-electron chi connectivity index (χ4n) is 1.34. The molecule has 1 atom stereocenters. The Labute approximate surface area is 85.3 Å². The van der Waals surface area contributed by atoms with Gasteiger partial charge in [-0.1, -0.05) is 6.07 Å². The second-order valence-corrected chi connectivity index (χ2v) is 4.18. The molecule has 1 unspecified atom stereocenters. The summed E-state index contributed by atoms with van der Waals surface area (Å²) in [4.78, 5) is 0.735. The Balaban J connectivity index is 2.21. The molecule has 0 aliphatic carbocycles. The molecule has 2 rings (SSSR count). The molecule has 1 aliphatic heterocycles. The molecule has 4 nitrogen and oxygen atoms in total. The lowest BCUT2D eigenvalue weighted by atomic mass is 10.1. The maximum Gasteiger partial charge on any atom is 0.214 e. The number of rotatable bonds is 3. The van der Waals surface area contributed by atoms with Crippen molar-refractivity contribution in [1.29, 1.82) is 0 Å². The minimum absolute atomic E-state index is 0.735. The largest absolute Gasteiger partial charge is 0.319 e. The monoisotopic (exact) mass is 212 g/mol. The molecule has 2 N–H and O–H groups in total. The summed E-state index contributed by atoms with van der Waals surface area (Å²) in [5.41, 5.74) is 4.59. The summed E-state index contributed by atoms with van der Waals surface area (Å²) in [6.07, 6.45) is 0.932. The third kappa shape index (κ3) is 1.79. The fraction of sp³-hybridized carbons (Fsp3) is 0.333. The molecule has 0 fully saturated rings. The molecule has 0 radical (unpaired) electrons. The lowest BCUT2D eigenvalue weighted by molar-refractivity contribution is 0.452. The van der Waals surface area contributed by atoms with Crippen molar-refractivity contribution in [2.75, 3.05) is 19.1 Å². The van der Waals surface area contributed by atoms with E-state index in [4.69, 9.17) is 4.28 Å². The average Bonchev–Trinajstić information content (AvgIpc) is 2.57. The van der Waals surface area contributed by atoms with Crippen molar-refractivity contribution in [1.82, 2.24) is 5.32 Å². The molecular weight excluding hydrogens is 200 g/mol. The van der Waals surface area contributed by atoms with Crippen LogP contribution in [-0.4, -0.2) is 17.8 Å². The third-order valence-corrected chi connectivity index (χ3v) is 3.05. The molecule has 1 heterocycles. The second-order valence-electron chi connectivity index (χ2n) is 3.10. The Hall–Kier alpha value is -0.910. The van der Waals surface area contributed by atoms with Gasteiger partial charge in [0.25, 0.3) is 0 Å². The summed E-state index contributed by atoms with van der Waals surface area (Å²) in [6.45, 7) is 0.916. The standard InChI is InChI=1S/C9H12N2O2S/c1-10-5-4-7-2-3-8-9(6-7)14(12)13-11-8/h2-3,6,10-11H,4-5H2,1H3. The van der Waals surface area contributed by atoms with Crippen molar-refractivity contribution in [3.63, 3.8) is 0 Å². The van der Waals surface area contributed by atoms with Gasteiger partial charge in [-0.15, -0.1) is 0 Å². The van der Waals surface area contributed by atoms with Crippen LogP contribution in [0.2, 0.25) is 0 Å². The van der Waals surface area contributed by atoms with Crippen molar-refractivity contribution in [2.24, 2.45) is 0 Å². The van der Waals surface area contributed by atoms with Crippen molar-refractivity contribution in [3.05, 3.63) is 23.8 Å². The number of likely N-dealkylation sites (N-methyl/N-ethyl adjacent to an activating group) is 1. The summed E-state index contributed by atoms with van der Waals surface area (Å²) in [5.74, 6) is 0. The minimum Gasteiger partial charge on any atom is -0.319 e. The minimum atomic E-state index is -1.35. The zero-order chi connectivity index (χ0) is 9.97. The van der Waals surface area contributed by atoms with Gasteiger partial charge in [-0.2, -0.15) is 4.28 Å². The van der Waals surface area contributed by atoms with Gasteiger partial charge in [-0.25, -0.2) is 9.69 Å². The van der Waals surface area contributed by atoms with Crippen LogP contribution in [0, 0.1) is 0 Å². The van der Waals surface area contributed by atoms with E-state index in [2.05, 4.69) is 10.8 Å². The van der Waals surface area contributed by atoms with Crippen molar-refractivity contribution in [3.8, 4) is 0 Å². The number of hydrogen-bond acceptors (Lipinski definition) is 4. The maximum absolute atomic E-state index is 11.3. The second kappa shape index (κ2) is 4.08. The van der Waals surface area contributed by atoms with E-state index in [-0.39, 0.29) is 0 Å². The smallest absolute Gasteiger partial charge is 0.214 e. The van der Waals surface area contributed by atoms with E-state index in [1.165, 1.54) is 5.56 Å². The highest BCUT2D eigenvalue weighted by Gasteiger charge is 2.19. The third-order valence-electron chi connectivity index (χ3n) is 2.12. The summed E-state index contributed by atoms with van der Waals surface area (Å²) >= 11 is -1.35. The van der Waals surface area contributed by atoms with E-state index in [1.54, 1.807) is 0 Å². The van der Waals surface area contributed by atoms with Gasteiger partial charge in [0.15, 0.2) is 0 Å². The molecule has 0 spiro atoms. The molecule has 1 aromatic carbocycles. The highest BCUT2D eigenvalue weighted by molar-refractivity contribution is 7.80. The van der Waals surface area contributed by atoms with Gasteiger partial charge in [-0.05, 0) is 37.7 Å². The van der Waals surface area contributed by atoms with Crippen LogP contribution in [0.1, 0.15) is 5.56 Å². The zero-order valence-electron chi connectivity index (χ0n) is 7.87.